The average molecular weight is 701 g/mol. The Morgan fingerprint density at radius 2 is 0.818 bits per heavy atom. The van der Waals surface area contributed by atoms with Gasteiger partial charge in [0.25, 0.3) is 0 Å². The maximum Gasteiger partial charge on any atom is 0.135 e. The van der Waals surface area contributed by atoms with Crippen molar-refractivity contribution in [3.8, 4) is 33.6 Å². The van der Waals surface area contributed by atoms with Gasteiger partial charge in [0, 0.05) is 43.4 Å². The molecule has 0 N–H and O–H groups in total. The molecule has 0 spiro atoms. The molecule has 0 saturated carbocycles. The van der Waals surface area contributed by atoms with Gasteiger partial charge in [-0.15, -0.1) is 0 Å². The summed E-state index contributed by atoms with van der Waals surface area (Å²) < 4.78 is 11.0. The molecule has 55 heavy (non-hydrogen) atoms. The fourth-order valence-electron chi connectivity index (χ4n) is 9.05. The van der Waals surface area contributed by atoms with Crippen molar-refractivity contribution in [1.29, 1.82) is 0 Å². The molecular formula is C52H32N2O. The number of furan rings is 1. The zero-order chi connectivity index (χ0) is 36.0. The number of benzene rings is 9. The van der Waals surface area contributed by atoms with E-state index in [2.05, 4.69) is 191 Å². The fraction of sp³-hybridized carbons (Fsp3) is 0. The van der Waals surface area contributed by atoms with Gasteiger partial charge in [0.1, 0.15) is 11.2 Å². The van der Waals surface area contributed by atoms with E-state index in [4.69, 9.17) is 4.42 Å². The van der Waals surface area contributed by atoms with Crippen LogP contribution in [-0.4, -0.2) is 9.13 Å². The smallest absolute Gasteiger partial charge is 0.135 e. The zero-order valence-electron chi connectivity index (χ0n) is 29.8. The third-order valence-electron chi connectivity index (χ3n) is 11.5. The van der Waals surface area contributed by atoms with Crippen LogP contribution in [0, 0.1) is 0 Å². The lowest BCUT2D eigenvalue weighted by Gasteiger charge is -2.14. The molecule has 12 rings (SSSR count). The van der Waals surface area contributed by atoms with Crippen LogP contribution in [0.2, 0.25) is 0 Å². The molecule has 3 aromatic heterocycles. The minimum atomic E-state index is 0.911. The van der Waals surface area contributed by atoms with Crippen molar-refractivity contribution in [1.82, 2.24) is 9.13 Å². The molecule has 0 fully saturated rings. The highest BCUT2D eigenvalue weighted by molar-refractivity contribution is 6.14. The lowest BCUT2D eigenvalue weighted by atomic mass is 9.96. The van der Waals surface area contributed by atoms with Gasteiger partial charge in [-0.05, 0) is 100 Å². The second-order valence-electron chi connectivity index (χ2n) is 14.5. The topological polar surface area (TPSA) is 23.0 Å². The van der Waals surface area contributed by atoms with Crippen LogP contribution in [0.3, 0.4) is 0 Å². The molecule has 256 valence electrons. The summed E-state index contributed by atoms with van der Waals surface area (Å²) >= 11 is 0. The molecular weight excluding hydrogens is 669 g/mol. The van der Waals surface area contributed by atoms with E-state index in [1.54, 1.807) is 0 Å². The van der Waals surface area contributed by atoms with Crippen LogP contribution >= 0.6 is 0 Å². The lowest BCUT2D eigenvalue weighted by molar-refractivity contribution is 0.669. The molecule has 0 amide bonds. The van der Waals surface area contributed by atoms with E-state index >= 15 is 0 Å². The standard InChI is InChI=1S/C52H32N2O/c1-2-12-36(13-3-1)53-46-20-7-4-14-40(46)43-30-33(24-27-49(43)53)34-25-28-50-44(31-34)41-15-5-8-21-47(41)54(50)48-22-11-18-38-37(17-10-19-39(38)48)35-26-29-52-45(32-35)42-16-6-9-23-51(42)55-52/h1-32H. The molecule has 0 saturated heterocycles. The second kappa shape index (κ2) is 11.6. The van der Waals surface area contributed by atoms with Gasteiger partial charge in [-0.1, -0.05) is 121 Å². The number of fused-ring (bicyclic) bond motifs is 10. The molecule has 3 nitrogen and oxygen atoms in total. The number of hydrogen-bond acceptors (Lipinski definition) is 1. The van der Waals surface area contributed by atoms with Crippen LogP contribution in [0.5, 0.6) is 0 Å². The second-order valence-corrected chi connectivity index (χ2v) is 14.5. The summed E-state index contributed by atoms with van der Waals surface area (Å²) in [4.78, 5) is 0. The monoisotopic (exact) mass is 700 g/mol. The Labute approximate surface area is 316 Å². The van der Waals surface area contributed by atoms with Crippen molar-refractivity contribution in [2.24, 2.45) is 0 Å². The van der Waals surface area contributed by atoms with Crippen LogP contribution in [0.4, 0.5) is 0 Å². The Kier molecular flexibility index (Phi) is 6.34. The van der Waals surface area contributed by atoms with E-state index in [1.807, 2.05) is 12.1 Å². The SMILES string of the molecule is c1ccc(-n2c3ccccc3c3cc(-c4ccc5c(c4)c4ccccc4n5-c4cccc5c(-c6ccc7oc8ccccc8c7c6)cccc45)ccc32)cc1. The van der Waals surface area contributed by atoms with Crippen molar-refractivity contribution in [2.75, 3.05) is 0 Å². The minimum absolute atomic E-state index is 0.911. The van der Waals surface area contributed by atoms with E-state index in [9.17, 15) is 0 Å². The third-order valence-corrected chi connectivity index (χ3v) is 11.5. The Balaban J connectivity index is 1.03. The predicted octanol–water partition coefficient (Wildman–Crippen LogP) is 14.3. The van der Waals surface area contributed by atoms with Gasteiger partial charge in [0.15, 0.2) is 0 Å². The van der Waals surface area contributed by atoms with Crippen molar-refractivity contribution in [2.45, 2.75) is 0 Å². The Morgan fingerprint density at radius 1 is 0.291 bits per heavy atom. The number of rotatable bonds is 4. The highest BCUT2D eigenvalue weighted by Gasteiger charge is 2.18. The zero-order valence-corrected chi connectivity index (χ0v) is 29.8. The summed E-state index contributed by atoms with van der Waals surface area (Å²) in [6, 6.07) is 70.4. The summed E-state index contributed by atoms with van der Waals surface area (Å²) in [5.41, 5.74) is 13.8. The van der Waals surface area contributed by atoms with Gasteiger partial charge in [-0.25, -0.2) is 0 Å². The van der Waals surface area contributed by atoms with E-state index in [-0.39, 0.29) is 0 Å². The van der Waals surface area contributed by atoms with E-state index < -0.39 is 0 Å². The number of hydrogen-bond donors (Lipinski definition) is 0. The third kappa shape index (κ3) is 4.44. The van der Waals surface area contributed by atoms with Gasteiger partial charge in [-0.2, -0.15) is 0 Å². The highest BCUT2D eigenvalue weighted by Crippen LogP contribution is 2.41. The molecule has 12 aromatic rings. The average Bonchev–Trinajstić information content (AvgIpc) is 3.90. The van der Waals surface area contributed by atoms with E-state index in [1.165, 1.54) is 88.0 Å². The predicted molar refractivity (Wildman–Crippen MR) is 231 cm³/mol. The lowest BCUT2D eigenvalue weighted by Crippen LogP contribution is -1.96. The number of aromatic nitrogens is 2. The van der Waals surface area contributed by atoms with E-state index in [0.29, 0.717) is 0 Å². The first kappa shape index (κ1) is 30.1. The fourth-order valence-corrected chi connectivity index (χ4v) is 9.05. The van der Waals surface area contributed by atoms with Crippen LogP contribution in [-0.2, 0) is 0 Å². The van der Waals surface area contributed by atoms with Crippen LogP contribution in [0.1, 0.15) is 0 Å². The first-order valence-electron chi connectivity index (χ1n) is 18.8. The first-order chi connectivity index (χ1) is 27.3. The largest absolute Gasteiger partial charge is 0.456 e. The van der Waals surface area contributed by atoms with Gasteiger partial charge in [0.05, 0.1) is 27.8 Å². The maximum atomic E-state index is 6.17. The molecule has 0 aliphatic heterocycles. The minimum Gasteiger partial charge on any atom is -0.456 e. The molecule has 0 unspecified atom stereocenters. The van der Waals surface area contributed by atoms with Gasteiger partial charge < -0.3 is 13.6 Å². The van der Waals surface area contributed by atoms with Crippen LogP contribution in [0.25, 0.3) is 110 Å². The van der Waals surface area contributed by atoms with Crippen molar-refractivity contribution in [3.63, 3.8) is 0 Å². The summed E-state index contributed by atoms with van der Waals surface area (Å²) in [6.07, 6.45) is 0. The number of nitrogens with zero attached hydrogens (tertiary/aromatic N) is 2. The summed E-state index contributed by atoms with van der Waals surface area (Å²) in [6.45, 7) is 0. The number of para-hydroxylation sites is 4. The molecule has 3 heterocycles. The summed E-state index contributed by atoms with van der Waals surface area (Å²) in [7, 11) is 0. The molecule has 0 aliphatic rings. The van der Waals surface area contributed by atoms with Gasteiger partial charge in [-0.3, -0.25) is 0 Å². The van der Waals surface area contributed by atoms with Crippen LogP contribution < -0.4 is 0 Å². The van der Waals surface area contributed by atoms with Gasteiger partial charge >= 0.3 is 0 Å². The summed E-state index contributed by atoms with van der Waals surface area (Å²) in [5.74, 6) is 0. The molecule has 0 atom stereocenters. The van der Waals surface area contributed by atoms with Crippen molar-refractivity contribution >= 4 is 76.3 Å². The molecule has 0 radical (unpaired) electrons. The molecule has 3 heteroatoms. The highest BCUT2D eigenvalue weighted by atomic mass is 16.3. The van der Waals surface area contributed by atoms with Crippen LogP contribution in [0.15, 0.2) is 199 Å². The van der Waals surface area contributed by atoms with Crippen molar-refractivity contribution in [3.05, 3.63) is 194 Å². The summed E-state index contributed by atoms with van der Waals surface area (Å²) in [5, 5.41) is 9.71. The molecule has 0 bridgehead atoms. The first-order valence-corrected chi connectivity index (χ1v) is 18.8. The quantitative estimate of drug-likeness (QED) is 0.179. The van der Waals surface area contributed by atoms with Crippen molar-refractivity contribution < 1.29 is 4.42 Å². The maximum absolute atomic E-state index is 6.17. The van der Waals surface area contributed by atoms with E-state index in [0.717, 1.165) is 21.9 Å². The molecule has 9 aromatic carbocycles. The Bertz CT molecular complexity index is 3490. The Hall–Kier alpha value is -7.36. The molecule has 0 aliphatic carbocycles. The normalized spacial score (nSPS) is 12.0. The van der Waals surface area contributed by atoms with Gasteiger partial charge in [0.2, 0.25) is 0 Å². The Morgan fingerprint density at radius 3 is 1.58 bits per heavy atom.